The average Bonchev–Trinajstić information content (AvgIpc) is 3.20. The van der Waals surface area contributed by atoms with Crippen molar-refractivity contribution in [3.63, 3.8) is 0 Å². The number of benzene rings is 1. The summed E-state index contributed by atoms with van der Waals surface area (Å²) in [5.74, 6) is 2.51. The van der Waals surface area contributed by atoms with Gasteiger partial charge in [-0.2, -0.15) is 5.10 Å². The van der Waals surface area contributed by atoms with E-state index in [0.717, 1.165) is 30.8 Å². The third kappa shape index (κ3) is 2.94. The molecular formula is C18H22N4O2. The van der Waals surface area contributed by atoms with E-state index in [1.165, 1.54) is 0 Å². The van der Waals surface area contributed by atoms with Crippen LogP contribution in [0, 0.1) is 11.8 Å². The van der Waals surface area contributed by atoms with E-state index in [1.54, 1.807) is 7.11 Å². The highest BCUT2D eigenvalue weighted by molar-refractivity contribution is 5.81. The summed E-state index contributed by atoms with van der Waals surface area (Å²) in [5.41, 5.74) is 0.993. The zero-order chi connectivity index (χ0) is 16.5. The summed E-state index contributed by atoms with van der Waals surface area (Å²) < 4.78 is 5.37. The molecule has 0 radical (unpaired) electrons. The Kier molecular flexibility index (Phi) is 4.06. The van der Waals surface area contributed by atoms with Gasteiger partial charge in [0, 0.05) is 43.5 Å². The zero-order valence-corrected chi connectivity index (χ0v) is 13.8. The maximum absolute atomic E-state index is 12.4. The number of likely N-dealkylation sites (tertiary alicyclic amines) is 1. The molecule has 2 heterocycles. The second kappa shape index (κ2) is 6.36. The standard InChI is InChI=1S/C18H22N4O2/c1-24-11-14-9-22(18(23)13-7-8-13)10-15(14)17-19-16(20-21-17)12-5-3-2-4-6-12/h2-6,13-15H,7-11H2,1H3,(H,19,20,21)/t14-,15+/m0/s1. The summed E-state index contributed by atoms with van der Waals surface area (Å²) in [4.78, 5) is 19.1. The van der Waals surface area contributed by atoms with Crippen molar-refractivity contribution in [1.82, 2.24) is 20.1 Å². The highest BCUT2D eigenvalue weighted by Crippen LogP contribution is 2.37. The minimum absolute atomic E-state index is 0.151. The molecule has 1 saturated heterocycles. The topological polar surface area (TPSA) is 71.1 Å². The van der Waals surface area contributed by atoms with Crippen molar-refractivity contribution in [2.24, 2.45) is 11.8 Å². The lowest BCUT2D eigenvalue weighted by molar-refractivity contribution is -0.131. The molecule has 1 aliphatic heterocycles. The number of ether oxygens (including phenoxy) is 1. The van der Waals surface area contributed by atoms with Gasteiger partial charge in [0.2, 0.25) is 5.91 Å². The molecule has 1 saturated carbocycles. The molecule has 126 valence electrons. The van der Waals surface area contributed by atoms with Gasteiger partial charge in [-0.15, -0.1) is 0 Å². The molecule has 2 aromatic rings. The summed E-state index contributed by atoms with van der Waals surface area (Å²) in [6, 6.07) is 9.92. The lowest BCUT2D eigenvalue weighted by Crippen LogP contribution is -2.30. The summed E-state index contributed by atoms with van der Waals surface area (Å²) in [7, 11) is 1.71. The molecule has 6 nitrogen and oxygen atoms in total. The molecule has 1 aromatic carbocycles. The number of hydrogen-bond donors (Lipinski definition) is 1. The molecule has 6 heteroatoms. The van der Waals surface area contributed by atoms with Gasteiger partial charge in [0.25, 0.3) is 0 Å². The van der Waals surface area contributed by atoms with Crippen LogP contribution in [0.2, 0.25) is 0 Å². The van der Waals surface area contributed by atoms with E-state index in [0.29, 0.717) is 24.9 Å². The molecule has 1 aromatic heterocycles. The number of rotatable bonds is 5. The van der Waals surface area contributed by atoms with Gasteiger partial charge in [0.1, 0.15) is 5.82 Å². The lowest BCUT2D eigenvalue weighted by atomic mass is 9.96. The molecule has 1 aliphatic carbocycles. The van der Waals surface area contributed by atoms with Gasteiger partial charge in [-0.25, -0.2) is 4.98 Å². The first-order valence-corrected chi connectivity index (χ1v) is 8.51. The second-order valence-corrected chi connectivity index (χ2v) is 6.75. The van der Waals surface area contributed by atoms with Crippen LogP contribution in [0.3, 0.4) is 0 Å². The maximum atomic E-state index is 12.4. The van der Waals surface area contributed by atoms with Crippen LogP contribution in [-0.2, 0) is 9.53 Å². The first kappa shape index (κ1) is 15.3. The van der Waals surface area contributed by atoms with Gasteiger partial charge in [-0.3, -0.25) is 9.89 Å². The number of aromatic nitrogens is 3. The highest BCUT2D eigenvalue weighted by Gasteiger charge is 2.42. The molecule has 1 amide bonds. The summed E-state index contributed by atoms with van der Waals surface area (Å²) >= 11 is 0. The highest BCUT2D eigenvalue weighted by atomic mass is 16.5. The molecule has 4 rings (SSSR count). The third-order valence-corrected chi connectivity index (χ3v) is 4.95. The Balaban J connectivity index is 1.55. The zero-order valence-electron chi connectivity index (χ0n) is 13.8. The molecule has 2 aliphatic rings. The van der Waals surface area contributed by atoms with Gasteiger partial charge >= 0.3 is 0 Å². The number of nitrogens with zero attached hydrogens (tertiary/aromatic N) is 3. The number of hydrogen-bond acceptors (Lipinski definition) is 4. The van der Waals surface area contributed by atoms with E-state index in [4.69, 9.17) is 4.74 Å². The number of H-pyrrole nitrogens is 1. The van der Waals surface area contributed by atoms with Crippen LogP contribution in [0.25, 0.3) is 11.4 Å². The Morgan fingerprint density at radius 1 is 1.29 bits per heavy atom. The fourth-order valence-electron chi connectivity index (χ4n) is 3.49. The van der Waals surface area contributed by atoms with E-state index in [1.807, 2.05) is 35.2 Å². The molecule has 1 N–H and O–H groups in total. The summed E-state index contributed by atoms with van der Waals surface area (Å²) in [5, 5.41) is 7.45. The quantitative estimate of drug-likeness (QED) is 0.913. The predicted octanol–water partition coefficient (Wildman–Crippen LogP) is 2.07. The van der Waals surface area contributed by atoms with Gasteiger partial charge in [0.05, 0.1) is 6.61 Å². The van der Waals surface area contributed by atoms with E-state index >= 15 is 0 Å². The Bertz CT molecular complexity index is 711. The number of amides is 1. The third-order valence-electron chi connectivity index (χ3n) is 4.95. The molecule has 0 spiro atoms. The smallest absolute Gasteiger partial charge is 0.225 e. The van der Waals surface area contributed by atoms with Crippen molar-refractivity contribution in [2.45, 2.75) is 18.8 Å². The summed E-state index contributed by atoms with van der Waals surface area (Å²) in [6.07, 6.45) is 2.07. The molecular weight excluding hydrogens is 304 g/mol. The van der Waals surface area contributed by atoms with Crippen molar-refractivity contribution in [3.05, 3.63) is 36.2 Å². The van der Waals surface area contributed by atoms with Crippen molar-refractivity contribution >= 4 is 5.91 Å². The van der Waals surface area contributed by atoms with Crippen LogP contribution in [0.4, 0.5) is 0 Å². The molecule has 2 fully saturated rings. The fraction of sp³-hybridized carbons (Fsp3) is 0.500. The van der Waals surface area contributed by atoms with Gasteiger partial charge in [0.15, 0.2) is 5.82 Å². The first-order chi connectivity index (χ1) is 11.8. The van der Waals surface area contributed by atoms with Crippen LogP contribution in [0.1, 0.15) is 24.6 Å². The monoisotopic (exact) mass is 326 g/mol. The van der Waals surface area contributed by atoms with E-state index < -0.39 is 0 Å². The van der Waals surface area contributed by atoms with E-state index in [9.17, 15) is 4.79 Å². The Hall–Kier alpha value is -2.21. The Morgan fingerprint density at radius 3 is 2.79 bits per heavy atom. The van der Waals surface area contributed by atoms with Crippen LogP contribution >= 0.6 is 0 Å². The number of aromatic amines is 1. The Labute approximate surface area is 141 Å². The SMILES string of the molecule is COC[C@@H]1CN(C(=O)C2CC2)C[C@H]1c1nc(-c2ccccc2)n[nH]1. The number of carbonyl (C=O) groups is 1. The average molecular weight is 326 g/mol. The second-order valence-electron chi connectivity index (χ2n) is 6.75. The van der Waals surface area contributed by atoms with E-state index in [2.05, 4.69) is 15.2 Å². The van der Waals surface area contributed by atoms with E-state index in [-0.39, 0.29) is 17.8 Å². The summed E-state index contributed by atoms with van der Waals surface area (Å²) in [6.45, 7) is 2.07. The van der Waals surface area contributed by atoms with Crippen LogP contribution in [0.5, 0.6) is 0 Å². The molecule has 0 bridgehead atoms. The largest absolute Gasteiger partial charge is 0.384 e. The van der Waals surface area contributed by atoms with Crippen LogP contribution in [-0.4, -0.2) is 52.8 Å². The van der Waals surface area contributed by atoms with Crippen LogP contribution < -0.4 is 0 Å². The van der Waals surface area contributed by atoms with Crippen molar-refractivity contribution in [1.29, 1.82) is 0 Å². The first-order valence-electron chi connectivity index (χ1n) is 8.51. The molecule has 24 heavy (non-hydrogen) atoms. The maximum Gasteiger partial charge on any atom is 0.225 e. The molecule has 2 atom stereocenters. The van der Waals surface area contributed by atoms with Crippen molar-refractivity contribution in [2.75, 3.05) is 26.8 Å². The van der Waals surface area contributed by atoms with Crippen LogP contribution in [0.15, 0.2) is 30.3 Å². The normalized spacial score (nSPS) is 23.6. The Morgan fingerprint density at radius 2 is 2.08 bits per heavy atom. The van der Waals surface area contributed by atoms with Crippen molar-refractivity contribution in [3.8, 4) is 11.4 Å². The number of methoxy groups -OCH3 is 1. The molecule has 0 unspecified atom stereocenters. The lowest BCUT2D eigenvalue weighted by Gasteiger charge is -2.15. The van der Waals surface area contributed by atoms with Gasteiger partial charge in [-0.05, 0) is 12.8 Å². The van der Waals surface area contributed by atoms with Crippen molar-refractivity contribution < 1.29 is 9.53 Å². The number of carbonyl (C=O) groups excluding carboxylic acids is 1. The fourth-order valence-corrected chi connectivity index (χ4v) is 3.49. The predicted molar refractivity (Wildman–Crippen MR) is 89.2 cm³/mol. The minimum Gasteiger partial charge on any atom is -0.384 e. The minimum atomic E-state index is 0.151. The number of nitrogens with one attached hydrogen (secondary N) is 1. The van der Waals surface area contributed by atoms with Gasteiger partial charge in [-0.1, -0.05) is 30.3 Å². The van der Waals surface area contributed by atoms with Gasteiger partial charge < -0.3 is 9.64 Å².